The van der Waals surface area contributed by atoms with Gasteiger partial charge in [-0.15, -0.1) is 0 Å². The Labute approximate surface area is 260 Å². The summed E-state index contributed by atoms with van der Waals surface area (Å²) in [5.41, 5.74) is 1.33. The smallest absolute Gasteiger partial charge is 0.387 e. The van der Waals surface area contributed by atoms with E-state index in [1.54, 1.807) is 24.4 Å². The number of aromatic nitrogens is 1. The molecule has 44 heavy (non-hydrogen) atoms. The number of piperidine rings is 1. The fourth-order valence-electron chi connectivity index (χ4n) is 6.63. The molecule has 0 unspecified atom stereocenters. The lowest BCUT2D eigenvalue weighted by atomic mass is 9.92. The molecule has 2 saturated heterocycles. The van der Waals surface area contributed by atoms with Crippen molar-refractivity contribution < 1.29 is 13.5 Å². The normalized spacial score (nSPS) is 20.7. The number of alkyl halides is 2. The average molecular weight is 629 g/mol. The second-order valence-electron chi connectivity index (χ2n) is 12.1. The molecule has 0 bridgehead atoms. The molecule has 1 aromatic heterocycles. The summed E-state index contributed by atoms with van der Waals surface area (Å²) in [6, 6.07) is 9.82. The molecule has 0 spiro atoms. The summed E-state index contributed by atoms with van der Waals surface area (Å²) < 4.78 is 29.3. The quantitative estimate of drug-likeness (QED) is 0.278. The number of hydrogen-bond acceptors (Lipinski definition) is 9. The number of hydrogen-bond donors (Lipinski definition) is 2. The third-order valence-corrected chi connectivity index (χ3v) is 9.61. The highest BCUT2D eigenvalue weighted by atomic mass is 35.5. The highest BCUT2D eigenvalue weighted by Crippen LogP contribution is 2.33. The number of nitrogens with one attached hydrogen (secondary N) is 2. The topological polar surface area (TPSA) is 90.0 Å². The van der Waals surface area contributed by atoms with Gasteiger partial charge in [0.05, 0.1) is 16.9 Å². The lowest BCUT2D eigenvalue weighted by Crippen LogP contribution is -2.58. The number of piperazine rings is 1. The minimum atomic E-state index is -2.81. The van der Waals surface area contributed by atoms with E-state index in [9.17, 15) is 18.4 Å². The van der Waals surface area contributed by atoms with Crippen molar-refractivity contribution in [2.24, 2.45) is 0 Å². The number of rotatable bonds is 11. The first-order valence-electron chi connectivity index (χ1n) is 15.6. The SMILES string of the molecule is CC[C@H]1CN(c2ncc(Nc3c(NC4CCC4)c(=O)c3=O)cc2Cl)CCN1C1CCN(Cc2ccc(OC(F)F)cc2)CC1. The van der Waals surface area contributed by atoms with Crippen LogP contribution < -0.4 is 31.1 Å². The van der Waals surface area contributed by atoms with Gasteiger partial charge in [-0.1, -0.05) is 30.7 Å². The number of pyridine rings is 1. The van der Waals surface area contributed by atoms with E-state index < -0.39 is 17.5 Å². The van der Waals surface area contributed by atoms with Gasteiger partial charge in [-0.2, -0.15) is 8.78 Å². The van der Waals surface area contributed by atoms with E-state index in [0.29, 0.717) is 28.5 Å². The zero-order valence-electron chi connectivity index (χ0n) is 24.9. The van der Waals surface area contributed by atoms with Gasteiger partial charge in [0.15, 0.2) is 0 Å². The van der Waals surface area contributed by atoms with Crippen LogP contribution in [0.4, 0.5) is 31.7 Å². The second kappa shape index (κ2) is 13.4. The van der Waals surface area contributed by atoms with Crippen LogP contribution in [0.15, 0.2) is 46.1 Å². The van der Waals surface area contributed by atoms with Gasteiger partial charge < -0.3 is 20.3 Å². The summed E-state index contributed by atoms with van der Waals surface area (Å²) >= 11 is 6.73. The summed E-state index contributed by atoms with van der Waals surface area (Å²) in [6.07, 6.45) is 7.99. The molecule has 3 aliphatic rings. The van der Waals surface area contributed by atoms with Crippen molar-refractivity contribution >= 4 is 34.5 Å². The van der Waals surface area contributed by atoms with Crippen LogP contribution in [0.3, 0.4) is 0 Å². The Kier molecular flexibility index (Phi) is 9.34. The molecule has 9 nitrogen and oxygen atoms in total. The van der Waals surface area contributed by atoms with E-state index in [4.69, 9.17) is 11.6 Å². The average Bonchev–Trinajstić information content (AvgIpc) is 3.00. The van der Waals surface area contributed by atoms with Gasteiger partial charge in [-0.3, -0.25) is 19.4 Å². The first-order valence-corrected chi connectivity index (χ1v) is 16.0. The minimum Gasteiger partial charge on any atom is -0.435 e. The highest BCUT2D eigenvalue weighted by Gasteiger charge is 2.34. The number of anilines is 4. The molecule has 3 heterocycles. The number of nitrogens with zero attached hydrogens (tertiary/aromatic N) is 4. The van der Waals surface area contributed by atoms with Gasteiger partial charge in [-0.05, 0) is 75.4 Å². The van der Waals surface area contributed by atoms with E-state index in [1.807, 2.05) is 12.1 Å². The first kappa shape index (κ1) is 30.7. The van der Waals surface area contributed by atoms with Gasteiger partial charge in [0.2, 0.25) is 0 Å². The van der Waals surface area contributed by atoms with Crippen LogP contribution in [-0.2, 0) is 6.54 Å². The Balaban J connectivity index is 1.02. The van der Waals surface area contributed by atoms with E-state index in [1.165, 1.54) is 0 Å². The van der Waals surface area contributed by atoms with Crippen LogP contribution in [0.1, 0.15) is 51.0 Å². The van der Waals surface area contributed by atoms with Crippen molar-refractivity contribution in [3.8, 4) is 5.75 Å². The van der Waals surface area contributed by atoms with Crippen molar-refractivity contribution in [1.82, 2.24) is 14.8 Å². The summed E-state index contributed by atoms with van der Waals surface area (Å²) in [5.74, 6) is 0.912. The zero-order chi connectivity index (χ0) is 30.8. The van der Waals surface area contributed by atoms with E-state index in [-0.39, 0.29) is 17.5 Å². The lowest BCUT2D eigenvalue weighted by molar-refractivity contribution is -0.0498. The molecule has 1 atom stereocenters. The third-order valence-electron chi connectivity index (χ3n) is 9.33. The van der Waals surface area contributed by atoms with Crippen molar-refractivity contribution in [2.75, 3.05) is 48.3 Å². The monoisotopic (exact) mass is 628 g/mol. The molecule has 3 fully saturated rings. The predicted octanol–water partition coefficient (Wildman–Crippen LogP) is 5.21. The predicted molar refractivity (Wildman–Crippen MR) is 170 cm³/mol. The van der Waals surface area contributed by atoms with Crippen LogP contribution in [0, 0.1) is 0 Å². The molecule has 1 saturated carbocycles. The minimum absolute atomic E-state index is 0.183. The van der Waals surface area contributed by atoms with Crippen LogP contribution in [0.2, 0.25) is 5.02 Å². The Morgan fingerprint density at radius 2 is 1.75 bits per heavy atom. The maximum absolute atomic E-state index is 12.4. The van der Waals surface area contributed by atoms with Crippen molar-refractivity contribution in [2.45, 2.75) is 76.7 Å². The number of likely N-dealkylation sites (tertiary alicyclic amines) is 1. The second-order valence-corrected chi connectivity index (χ2v) is 12.5. The number of halogens is 3. The lowest BCUT2D eigenvalue weighted by Gasteiger charge is -2.47. The van der Waals surface area contributed by atoms with E-state index >= 15 is 0 Å². The fraction of sp³-hybridized carbons (Fsp3) is 0.531. The molecule has 236 valence electrons. The number of benzene rings is 1. The largest absolute Gasteiger partial charge is 0.435 e. The Bertz CT molecular complexity index is 1500. The third kappa shape index (κ3) is 6.69. The van der Waals surface area contributed by atoms with Gasteiger partial charge in [0, 0.05) is 44.3 Å². The van der Waals surface area contributed by atoms with Gasteiger partial charge in [-0.25, -0.2) is 4.98 Å². The Morgan fingerprint density at radius 3 is 2.39 bits per heavy atom. The molecule has 0 radical (unpaired) electrons. The summed E-state index contributed by atoms with van der Waals surface area (Å²) in [6.45, 7) is 4.75. The van der Waals surface area contributed by atoms with Crippen LogP contribution in [0.25, 0.3) is 0 Å². The molecule has 6 rings (SSSR count). The molecule has 2 aliphatic heterocycles. The Morgan fingerprint density at radius 1 is 1.02 bits per heavy atom. The maximum atomic E-state index is 12.4. The van der Waals surface area contributed by atoms with Gasteiger partial charge >= 0.3 is 6.61 Å². The molecule has 12 heteroatoms. The summed E-state index contributed by atoms with van der Waals surface area (Å²) in [5, 5.41) is 6.77. The molecule has 3 aromatic rings. The van der Waals surface area contributed by atoms with Gasteiger partial charge in [0.25, 0.3) is 10.9 Å². The molecule has 1 aliphatic carbocycles. The molecule has 2 aromatic carbocycles. The van der Waals surface area contributed by atoms with Crippen molar-refractivity contribution in [1.29, 1.82) is 0 Å². The number of ether oxygens (including phenoxy) is 1. The van der Waals surface area contributed by atoms with Crippen LogP contribution in [0.5, 0.6) is 5.75 Å². The van der Waals surface area contributed by atoms with Crippen molar-refractivity contribution in [3.63, 3.8) is 0 Å². The van der Waals surface area contributed by atoms with Gasteiger partial charge in [0.1, 0.15) is 22.9 Å². The molecular weight excluding hydrogens is 590 g/mol. The maximum Gasteiger partial charge on any atom is 0.387 e. The summed E-state index contributed by atoms with van der Waals surface area (Å²) in [7, 11) is 0. The van der Waals surface area contributed by atoms with Crippen LogP contribution >= 0.6 is 11.6 Å². The zero-order valence-corrected chi connectivity index (χ0v) is 25.7. The van der Waals surface area contributed by atoms with E-state index in [2.05, 4.69) is 42.0 Å². The summed E-state index contributed by atoms with van der Waals surface area (Å²) in [4.78, 5) is 36.3. The Hall–Kier alpha value is -3.28. The molecule has 0 amide bonds. The first-order chi connectivity index (χ1) is 21.3. The fourth-order valence-corrected chi connectivity index (χ4v) is 6.92. The highest BCUT2D eigenvalue weighted by molar-refractivity contribution is 6.33. The van der Waals surface area contributed by atoms with E-state index in [0.717, 1.165) is 89.2 Å². The van der Waals surface area contributed by atoms with Crippen LogP contribution in [-0.4, -0.2) is 72.2 Å². The standard InChI is InChI=1S/C32H39ClF2N6O3/c1-2-23-19-40(31-26(33)16-22(17-36-31)38-28-27(29(42)30(28)43)37-21-4-3-5-21)14-15-41(23)24-10-12-39(13-11-24)18-20-6-8-25(9-7-20)44-32(34)35/h6-9,16-17,21,23-24,32,37-38H,2-5,10-15,18-19H2,1H3/t23-/m0/s1. The molecular formula is C32H39ClF2N6O3. The van der Waals surface area contributed by atoms with Crippen molar-refractivity contribution in [3.05, 3.63) is 67.6 Å². The molecule has 2 N–H and O–H groups in total.